The van der Waals surface area contributed by atoms with E-state index in [-0.39, 0.29) is 30.3 Å². The molecule has 2 bridgehead atoms. The minimum absolute atomic E-state index is 0.127. The van der Waals surface area contributed by atoms with Crippen LogP contribution in [0.15, 0.2) is 54.6 Å². The predicted octanol–water partition coefficient (Wildman–Crippen LogP) is 4.39. The summed E-state index contributed by atoms with van der Waals surface area (Å²) in [5, 5.41) is 21.8. The van der Waals surface area contributed by atoms with Crippen molar-refractivity contribution in [2.45, 2.75) is 56.7 Å². The summed E-state index contributed by atoms with van der Waals surface area (Å²) in [5.74, 6) is -0.134. The van der Waals surface area contributed by atoms with Crippen molar-refractivity contribution in [2.75, 3.05) is 13.2 Å². The van der Waals surface area contributed by atoms with Crippen molar-refractivity contribution in [3.8, 4) is 5.75 Å². The highest BCUT2D eigenvalue weighted by Crippen LogP contribution is 2.60. The summed E-state index contributed by atoms with van der Waals surface area (Å²) >= 11 is 0. The fourth-order valence-corrected chi connectivity index (χ4v) is 6.46. The first-order valence-corrected chi connectivity index (χ1v) is 15.7. The monoisotopic (exact) mass is 468 g/mol. The lowest BCUT2D eigenvalue weighted by atomic mass is 9.67. The number of rotatable bonds is 9. The molecule has 0 aromatic heterocycles. The summed E-state index contributed by atoms with van der Waals surface area (Å²) in [7, 11) is -1.30. The van der Waals surface area contributed by atoms with Gasteiger partial charge in [0.05, 0.1) is 25.2 Å². The minimum Gasteiger partial charge on any atom is -0.489 e. The molecule has 2 aliphatic carbocycles. The van der Waals surface area contributed by atoms with Crippen LogP contribution in [0.3, 0.4) is 0 Å². The van der Waals surface area contributed by atoms with Crippen LogP contribution in [-0.4, -0.2) is 43.6 Å². The fraction of sp³-hybridized carbons (Fsp3) is 0.519. The highest BCUT2D eigenvalue weighted by atomic mass is 28.3. The maximum atomic E-state index is 13.0. The van der Waals surface area contributed by atoms with Crippen molar-refractivity contribution in [3.05, 3.63) is 65.7 Å². The summed E-state index contributed by atoms with van der Waals surface area (Å²) in [6, 6.07) is 18.5. The molecule has 2 aromatic rings. The number of benzene rings is 2. The molecule has 0 amide bonds. The molecule has 4 rings (SSSR count). The quantitative estimate of drug-likeness (QED) is 0.422. The zero-order chi connectivity index (χ0) is 23.6. The van der Waals surface area contributed by atoms with Crippen LogP contribution in [0.1, 0.15) is 24.0 Å². The predicted molar refractivity (Wildman–Crippen MR) is 131 cm³/mol. The minimum atomic E-state index is -1.30. The van der Waals surface area contributed by atoms with E-state index in [9.17, 15) is 15.0 Å². The van der Waals surface area contributed by atoms with Gasteiger partial charge in [0.15, 0.2) is 0 Å². The van der Waals surface area contributed by atoms with Gasteiger partial charge in [-0.2, -0.15) is 0 Å². The number of fused-ring (bicyclic) bond motifs is 2. The lowest BCUT2D eigenvalue weighted by molar-refractivity contribution is -0.150. The zero-order valence-electron chi connectivity index (χ0n) is 19.9. The molecular weight excluding hydrogens is 432 g/mol. The Bertz CT molecular complexity index is 939. The van der Waals surface area contributed by atoms with E-state index >= 15 is 0 Å². The van der Waals surface area contributed by atoms with Crippen LogP contribution < -0.4 is 4.74 Å². The van der Waals surface area contributed by atoms with E-state index in [0.29, 0.717) is 13.2 Å². The van der Waals surface area contributed by atoms with Gasteiger partial charge in [-0.25, -0.2) is 0 Å². The molecule has 0 saturated heterocycles. The van der Waals surface area contributed by atoms with E-state index in [2.05, 4.69) is 19.6 Å². The molecule has 5 unspecified atom stereocenters. The summed E-state index contributed by atoms with van der Waals surface area (Å²) in [4.78, 5) is 13.0. The molecule has 33 heavy (non-hydrogen) atoms. The number of ether oxygens (including phenoxy) is 2. The fourth-order valence-electron chi connectivity index (χ4n) is 5.75. The Morgan fingerprint density at radius 1 is 1.06 bits per heavy atom. The highest BCUT2D eigenvalue weighted by Gasteiger charge is 2.65. The normalized spacial score (nSPS) is 28.6. The van der Waals surface area contributed by atoms with Gasteiger partial charge in [-0.3, -0.25) is 4.79 Å². The van der Waals surface area contributed by atoms with Crippen molar-refractivity contribution in [1.82, 2.24) is 0 Å². The number of carbonyl (C=O) groups is 1. The number of hydrogen-bond acceptors (Lipinski definition) is 5. The van der Waals surface area contributed by atoms with E-state index in [0.717, 1.165) is 35.8 Å². The Balaban J connectivity index is 1.48. The van der Waals surface area contributed by atoms with Crippen LogP contribution in [0.4, 0.5) is 0 Å². The van der Waals surface area contributed by atoms with Gasteiger partial charge >= 0.3 is 5.97 Å². The molecule has 178 valence electrons. The Labute approximate surface area is 197 Å². The number of aliphatic hydroxyl groups is 2. The molecule has 6 heteroatoms. The number of aliphatic hydroxyl groups excluding tert-OH is 2. The van der Waals surface area contributed by atoms with Crippen LogP contribution in [0.5, 0.6) is 5.75 Å². The van der Waals surface area contributed by atoms with Crippen LogP contribution in [0, 0.1) is 17.8 Å². The molecule has 2 aliphatic rings. The van der Waals surface area contributed by atoms with Gasteiger partial charge < -0.3 is 19.7 Å². The second-order valence-corrected chi connectivity index (χ2v) is 16.4. The maximum absolute atomic E-state index is 13.0. The Hall–Kier alpha value is -2.15. The molecule has 0 heterocycles. The molecule has 5 atom stereocenters. The van der Waals surface area contributed by atoms with Crippen molar-refractivity contribution >= 4 is 14.0 Å². The summed E-state index contributed by atoms with van der Waals surface area (Å²) in [6.07, 6.45) is 0.828. The molecule has 5 nitrogen and oxygen atoms in total. The first-order valence-electron chi connectivity index (χ1n) is 12.0. The first kappa shape index (κ1) is 24.0. The Morgan fingerprint density at radius 3 is 2.39 bits per heavy atom. The SMILES string of the molecule is C[Si](C)(C)CCOC(=O)C1C2CCC1C(CO)(c1ccc(OCc3ccccc3)cc1)C2O. The highest BCUT2D eigenvalue weighted by molar-refractivity contribution is 6.76. The molecule has 2 N–H and O–H groups in total. The summed E-state index contributed by atoms with van der Waals surface area (Å²) < 4.78 is 11.6. The number of esters is 1. The lowest BCUT2D eigenvalue weighted by Crippen LogP contribution is -2.47. The smallest absolute Gasteiger partial charge is 0.309 e. The third-order valence-corrected chi connectivity index (χ3v) is 9.28. The van der Waals surface area contributed by atoms with E-state index in [4.69, 9.17) is 9.47 Å². The standard InChI is InChI=1S/C27H36O5Si/c1-33(2,3)16-15-31-26(30)24-22-13-14-23(24)27(18-28,25(22)29)20-9-11-21(12-10-20)32-17-19-7-5-4-6-8-19/h4-12,22-25,28-29H,13-18H2,1-3H3. The third-order valence-electron chi connectivity index (χ3n) is 7.57. The lowest BCUT2D eigenvalue weighted by Gasteiger charge is -2.40. The van der Waals surface area contributed by atoms with Crippen LogP contribution in [-0.2, 0) is 21.6 Å². The van der Waals surface area contributed by atoms with Gasteiger partial charge in [0.2, 0.25) is 0 Å². The molecular formula is C27H36O5Si. The molecule has 0 aliphatic heterocycles. The van der Waals surface area contributed by atoms with Crippen molar-refractivity contribution in [1.29, 1.82) is 0 Å². The number of carbonyl (C=O) groups excluding carboxylic acids is 1. The summed E-state index contributed by atoms with van der Waals surface area (Å²) in [6.45, 7) is 7.50. The van der Waals surface area contributed by atoms with Gasteiger partial charge in [-0.15, -0.1) is 0 Å². The van der Waals surface area contributed by atoms with E-state index in [1.165, 1.54) is 0 Å². The van der Waals surface area contributed by atoms with Crippen molar-refractivity contribution in [2.24, 2.45) is 17.8 Å². The average Bonchev–Trinajstić information content (AvgIpc) is 3.33. The molecule has 2 aromatic carbocycles. The largest absolute Gasteiger partial charge is 0.489 e. The van der Waals surface area contributed by atoms with E-state index < -0.39 is 19.6 Å². The molecule has 0 radical (unpaired) electrons. The molecule has 2 saturated carbocycles. The van der Waals surface area contributed by atoms with Crippen LogP contribution in [0.2, 0.25) is 25.7 Å². The van der Waals surface area contributed by atoms with Gasteiger partial charge in [-0.05, 0) is 54.0 Å². The molecule has 2 fully saturated rings. The van der Waals surface area contributed by atoms with E-state index in [1.807, 2.05) is 54.6 Å². The van der Waals surface area contributed by atoms with Crippen molar-refractivity contribution in [3.63, 3.8) is 0 Å². The third kappa shape index (κ3) is 4.74. The van der Waals surface area contributed by atoms with Gasteiger partial charge in [0, 0.05) is 13.5 Å². The Kier molecular flexibility index (Phi) is 6.98. The van der Waals surface area contributed by atoms with Gasteiger partial charge in [0.1, 0.15) is 12.4 Å². The van der Waals surface area contributed by atoms with Crippen molar-refractivity contribution < 1.29 is 24.5 Å². The second kappa shape index (κ2) is 9.61. The zero-order valence-corrected chi connectivity index (χ0v) is 20.9. The van der Waals surface area contributed by atoms with Crippen LogP contribution >= 0.6 is 0 Å². The van der Waals surface area contributed by atoms with Crippen LogP contribution in [0.25, 0.3) is 0 Å². The topological polar surface area (TPSA) is 76.0 Å². The average molecular weight is 469 g/mol. The molecule has 0 spiro atoms. The summed E-state index contributed by atoms with van der Waals surface area (Å²) in [5.41, 5.74) is 1.10. The second-order valence-electron chi connectivity index (χ2n) is 10.8. The first-order chi connectivity index (χ1) is 15.8. The van der Waals surface area contributed by atoms with Gasteiger partial charge in [0.25, 0.3) is 0 Å². The number of hydrogen-bond donors (Lipinski definition) is 2. The van der Waals surface area contributed by atoms with E-state index in [1.54, 1.807) is 0 Å². The maximum Gasteiger partial charge on any atom is 0.309 e. The Morgan fingerprint density at radius 2 is 1.76 bits per heavy atom. The van der Waals surface area contributed by atoms with Gasteiger partial charge in [-0.1, -0.05) is 62.1 Å².